The van der Waals surface area contributed by atoms with E-state index in [-0.39, 0.29) is 0 Å². The Labute approximate surface area is 249 Å². The average molecular weight is 546 g/mol. The van der Waals surface area contributed by atoms with Gasteiger partial charge in [0.2, 0.25) is 0 Å². The standard InChI is InChI=1S/C42H27N/c1-2-13-32(14-3-1)43-41-20-9-8-19-38(41)40-27-31(22-24-42(40)43)29-12-10-11-28(25-29)30-21-23-37-35-17-5-4-15-33(35)34-16-6-7-18-36(34)39(37)26-30/h1-27H. The highest BCUT2D eigenvalue weighted by Crippen LogP contribution is 2.39. The first kappa shape index (κ1) is 24.0. The van der Waals surface area contributed by atoms with Crippen LogP contribution in [0.2, 0.25) is 0 Å². The lowest BCUT2D eigenvalue weighted by Gasteiger charge is -2.13. The van der Waals surface area contributed by atoms with Crippen molar-refractivity contribution >= 4 is 54.1 Å². The van der Waals surface area contributed by atoms with E-state index < -0.39 is 0 Å². The van der Waals surface area contributed by atoms with Gasteiger partial charge in [0.25, 0.3) is 0 Å². The summed E-state index contributed by atoms with van der Waals surface area (Å²) < 4.78 is 2.37. The van der Waals surface area contributed by atoms with Crippen molar-refractivity contribution in [1.29, 1.82) is 0 Å². The Balaban J connectivity index is 1.21. The zero-order chi connectivity index (χ0) is 28.3. The van der Waals surface area contributed by atoms with E-state index in [0.29, 0.717) is 0 Å². The topological polar surface area (TPSA) is 4.93 Å². The molecule has 0 aliphatic rings. The van der Waals surface area contributed by atoms with Crippen molar-refractivity contribution in [3.05, 3.63) is 164 Å². The second-order valence-corrected chi connectivity index (χ2v) is 11.4. The smallest absolute Gasteiger partial charge is 0.0541 e. The van der Waals surface area contributed by atoms with Crippen LogP contribution in [0.1, 0.15) is 0 Å². The molecule has 1 heteroatoms. The predicted molar refractivity (Wildman–Crippen MR) is 184 cm³/mol. The van der Waals surface area contributed by atoms with E-state index >= 15 is 0 Å². The van der Waals surface area contributed by atoms with Gasteiger partial charge in [0.05, 0.1) is 11.0 Å². The molecule has 0 amide bonds. The number of rotatable bonds is 3. The molecule has 8 aromatic carbocycles. The molecule has 9 aromatic rings. The van der Waals surface area contributed by atoms with E-state index in [0.717, 1.165) is 0 Å². The van der Waals surface area contributed by atoms with Crippen molar-refractivity contribution in [2.45, 2.75) is 0 Å². The van der Waals surface area contributed by atoms with Gasteiger partial charge in [-0.15, -0.1) is 0 Å². The molecule has 0 unspecified atom stereocenters. The Morgan fingerprint density at radius 2 is 0.721 bits per heavy atom. The second kappa shape index (κ2) is 9.44. The average Bonchev–Trinajstić information content (AvgIpc) is 3.42. The molecule has 0 spiro atoms. The van der Waals surface area contributed by atoms with Crippen LogP contribution in [0, 0.1) is 0 Å². The van der Waals surface area contributed by atoms with E-state index in [1.54, 1.807) is 0 Å². The van der Waals surface area contributed by atoms with Crippen molar-refractivity contribution < 1.29 is 0 Å². The summed E-state index contributed by atoms with van der Waals surface area (Å²) in [7, 11) is 0. The third kappa shape index (κ3) is 3.72. The molecule has 1 heterocycles. The molecule has 0 fully saturated rings. The summed E-state index contributed by atoms with van der Waals surface area (Å²) in [6.45, 7) is 0. The summed E-state index contributed by atoms with van der Waals surface area (Å²) in [4.78, 5) is 0. The molecular formula is C42H27N. The molecule has 0 radical (unpaired) electrons. The Kier molecular flexibility index (Phi) is 5.27. The minimum absolute atomic E-state index is 1.18. The molecule has 0 saturated heterocycles. The lowest BCUT2D eigenvalue weighted by atomic mass is 9.91. The van der Waals surface area contributed by atoms with Crippen molar-refractivity contribution in [2.75, 3.05) is 0 Å². The van der Waals surface area contributed by atoms with E-state index in [9.17, 15) is 0 Å². The first-order valence-electron chi connectivity index (χ1n) is 14.9. The van der Waals surface area contributed by atoms with Gasteiger partial charge in [0.1, 0.15) is 0 Å². The number of hydrogen-bond donors (Lipinski definition) is 0. The van der Waals surface area contributed by atoms with Crippen molar-refractivity contribution in [2.24, 2.45) is 0 Å². The van der Waals surface area contributed by atoms with Crippen molar-refractivity contribution in [1.82, 2.24) is 4.57 Å². The molecule has 0 N–H and O–H groups in total. The summed E-state index contributed by atoms with van der Waals surface area (Å²) in [5, 5.41) is 10.4. The maximum absolute atomic E-state index is 2.37. The second-order valence-electron chi connectivity index (χ2n) is 11.4. The van der Waals surface area contributed by atoms with Gasteiger partial charge in [-0.2, -0.15) is 0 Å². The fourth-order valence-corrected chi connectivity index (χ4v) is 6.97. The first-order chi connectivity index (χ1) is 21.3. The third-order valence-electron chi connectivity index (χ3n) is 8.96. The maximum atomic E-state index is 2.37. The van der Waals surface area contributed by atoms with Gasteiger partial charge < -0.3 is 4.57 Å². The number of aromatic nitrogens is 1. The molecule has 200 valence electrons. The minimum Gasteiger partial charge on any atom is -0.309 e. The first-order valence-corrected chi connectivity index (χ1v) is 14.9. The number of hydrogen-bond acceptors (Lipinski definition) is 0. The van der Waals surface area contributed by atoms with Gasteiger partial charge in [0, 0.05) is 16.5 Å². The van der Waals surface area contributed by atoms with Crippen LogP contribution in [0.4, 0.5) is 0 Å². The summed E-state index contributed by atoms with van der Waals surface area (Å²) >= 11 is 0. The lowest BCUT2D eigenvalue weighted by molar-refractivity contribution is 1.18. The van der Waals surface area contributed by atoms with Crippen LogP contribution in [-0.2, 0) is 0 Å². The number of benzene rings is 8. The summed E-state index contributed by atoms with van der Waals surface area (Å²) in [6, 6.07) is 59.7. The fraction of sp³-hybridized carbons (Fsp3) is 0. The number of nitrogens with zero attached hydrogens (tertiary/aromatic N) is 1. The van der Waals surface area contributed by atoms with E-state index in [4.69, 9.17) is 0 Å². The molecule has 0 aliphatic carbocycles. The Hall–Kier alpha value is -5.66. The zero-order valence-corrected chi connectivity index (χ0v) is 23.5. The summed E-state index contributed by atoms with van der Waals surface area (Å²) in [5.74, 6) is 0. The van der Waals surface area contributed by atoms with Gasteiger partial charge in [-0.1, -0.05) is 121 Å². The predicted octanol–water partition coefficient (Wildman–Crippen LogP) is 11.6. The summed E-state index contributed by atoms with van der Waals surface area (Å²) in [6.07, 6.45) is 0. The van der Waals surface area contributed by atoms with Crippen LogP contribution in [-0.4, -0.2) is 4.57 Å². The SMILES string of the molecule is c1ccc(-n2c3ccccc3c3cc(-c4cccc(-c5ccc6c7ccccc7c7ccccc7c6c5)c4)ccc32)cc1. The third-order valence-corrected chi connectivity index (χ3v) is 8.96. The molecule has 0 aliphatic heterocycles. The largest absolute Gasteiger partial charge is 0.309 e. The minimum atomic E-state index is 1.18. The Morgan fingerprint density at radius 1 is 0.256 bits per heavy atom. The zero-order valence-electron chi connectivity index (χ0n) is 23.5. The Bertz CT molecular complexity index is 2460. The monoisotopic (exact) mass is 545 g/mol. The Morgan fingerprint density at radius 3 is 1.40 bits per heavy atom. The summed E-state index contributed by atoms with van der Waals surface area (Å²) in [5.41, 5.74) is 8.54. The molecule has 43 heavy (non-hydrogen) atoms. The fourth-order valence-electron chi connectivity index (χ4n) is 6.97. The molecule has 0 bridgehead atoms. The maximum Gasteiger partial charge on any atom is 0.0541 e. The highest BCUT2D eigenvalue weighted by Gasteiger charge is 2.14. The van der Waals surface area contributed by atoms with Crippen LogP contribution in [0.25, 0.3) is 82.1 Å². The van der Waals surface area contributed by atoms with Crippen LogP contribution in [0.15, 0.2) is 164 Å². The van der Waals surface area contributed by atoms with E-state index in [2.05, 4.69) is 168 Å². The molecule has 9 rings (SSSR count). The lowest BCUT2D eigenvalue weighted by Crippen LogP contribution is -1.92. The molecule has 1 aromatic heterocycles. The molecule has 1 nitrogen and oxygen atoms in total. The molecule has 0 atom stereocenters. The van der Waals surface area contributed by atoms with E-state index in [1.807, 2.05) is 0 Å². The van der Waals surface area contributed by atoms with E-state index in [1.165, 1.54) is 82.1 Å². The normalized spacial score (nSPS) is 11.7. The van der Waals surface area contributed by atoms with Gasteiger partial charge >= 0.3 is 0 Å². The molecule has 0 saturated carbocycles. The number of fused-ring (bicyclic) bond motifs is 9. The van der Waals surface area contributed by atoms with Crippen LogP contribution >= 0.6 is 0 Å². The van der Waals surface area contributed by atoms with Crippen molar-refractivity contribution in [3.8, 4) is 27.9 Å². The van der Waals surface area contributed by atoms with Crippen molar-refractivity contribution in [3.63, 3.8) is 0 Å². The van der Waals surface area contributed by atoms with Crippen LogP contribution in [0.3, 0.4) is 0 Å². The van der Waals surface area contributed by atoms with Gasteiger partial charge in [-0.25, -0.2) is 0 Å². The van der Waals surface area contributed by atoms with Gasteiger partial charge in [-0.3, -0.25) is 0 Å². The quantitative estimate of drug-likeness (QED) is 0.195. The van der Waals surface area contributed by atoms with Crippen LogP contribution in [0.5, 0.6) is 0 Å². The number of para-hydroxylation sites is 2. The molecular weight excluding hydrogens is 518 g/mol. The van der Waals surface area contributed by atoms with Gasteiger partial charge in [-0.05, 0) is 97.0 Å². The van der Waals surface area contributed by atoms with Gasteiger partial charge in [0.15, 0.2) is 0 Å². The highest BCUT2D eigenvalue weighted by molar-refractivity contribution is 6.25. The highest BCUT2D eigenvalue weighted by atomic mass is 15.0. The van der Waals surface area contributed by atoms with Crippen LogP contribution < -0.4 is 0 Å².